The number of ketones is 1. The van der Waals surface area contributed by atoms with Crippen LogP contribution in [0.4, 0.5) is 0 Å². The molecule has 0 bridgehead atoms. The first kappa shape index (κ1) is 13.9. The van der Waals surface area contributed by atoms with Crippen molar-refractivity contribution >= 4 is 27.7 Å². The Morgan fingerprint density at radius 2 is 1.88 bits per heavy atom. The van der Waals surface area contributed by atoms with Gasteiger partial charge in [0.1, 0.15) is 0 Å². The quantitative estimate of drug-likeness (QED) is 0.477. The molecular formula is C13H15BrO3. The van der Waals surface area contributed by atoms with Crippen molar-refractivity contribution in [1.82, 2.24) is 0 Å². The molecule has 3 nitrogen and oxygen atoms in total. The molecular weight excluding hydrogens is 284 g/mol. The lowest BCUT2D eigenvalue weighted by atomic mass is 9.95. The number of esters is 1. The fraction of sp³-hybridized carbons (Fsp3) is 0.385. The van der Waals surface area contributed by atoms with Crippen LogP contribution in [-0.4, -0.2) is 24.2 Å². The molecule has 0 aromatic heterocycles. The second-order valence-corrected chi connectivity index (χ2v) is 4.22. The number of carbonyl (C=O) groups is 2. The summed E-state index contributed by atoms with van der Waals surface area (Å²) >= 11 is 3.12. The number of alkyl halides is 1. The van der Waals surface area contributed by atoms with Crippen LogP contribution in [0.2, 0.25) is 0 Å². The van der Waals surface area contributed by atoms with Gasteiger partial charge in [0.05, 0.1) is 18.4 Å². The Morgan fingerprint density at radius 1 is 1.29 bits per heavy atom. The lowest BCUT2D eigenvalue weighted by Crippen LogP contribution is -2.13. The summed E-state index contributed by atoms with van der Waals surface area (Å²) in [5.41, 5.74) is 1.52. The number of benzene rings is 1. The van der Waals surface area contributed by atoms with E-state index in [0.29, 0.717) is 17.3 Å². The normalized spacial score (nSPS) is 11.9. The molecule has 0 spiro atoms. The van der Waals surface area contributed by atoms with Gasteiger partial charge in [-0.25, -0.2) is 0 Å². The van der Waals surface area contributed by atoms with E-state index in [-0.39, 0.29) is 17.7 Å². The zero-order valence-electron chi connectivity index (χ0n) is 9.90. The molecule has 1 aromatic carbocycles. The number of ether oxygens (including phenoxy) is 1. The molecule has 0 saturated heterocycles. The molecule has 17 heavy (non-hydrogen) atoms. The van der Waals surface area contributed by atoms with Crippen LogP contribution in [0.1, 0.15) is 35.2 Å². The Bertz CT molecular complexity index is 398. The molecule has 0 radical (unpaired) electrons. The number of hydrogen-bond acceptors (Lipinski definition) is 3. The second-order valence-electron chi connectivity index (χ2n) is 3.66. The number of hydrogen-bond donors (Lipinski definition) is 0. The van der Waals surface area contributed by atoms with Crippen LogP contribution in [0.3, 0.4) is 0 Å². The van der Waals surface area contributed by atoms with E-state index in [9.17, 15) is 9.59 Å². The summed E-state index contributed by atoms with van der Waals surface area (Å²) in [7, 11) is 1.38. The number of halogens is 1. The number of rotatable bonds is 5. The Morgan fingerprint density at radius 3 is 2.29 bits per heavy atom. The van der Waals surface area contributed by atoms with E-state index in [1.54, 1.807) is 24.3 Å². The van der Waals surface area contributed by atoms with Gasteiger partial charge in [0.2, 0.25) is 0 Å². The Hall–Kier alpha value is -1.16. The van der Waals surface area contributed by atoms with Crippen molar-refractivity contribution in [3.8, 4) is 0 Å². The average molecular weight is 299 g/mol. The van der Waals surface area contributed by atoms with E-state index in [2.05, 4.69) is 15.9 Å². The van der Waals surface area contributed by atoms with Gasteiger partial charge in [-0.1, -0.05) is 47.1 Å². The van der Waals surface area contributed by atoms with Crippen molar-refractivity contribution in [1.29, 1.82) is 0 Å². The van der Waals surface area contributed by atoms with Gasteiger partial charge in [0.25, 0.3) is 0 Å². The Balaban J connectivity index is 2.92. The van der Waals surface area contributed by atoms with E-state index in [4.69, 9.17) is 4.74 Å². The highest BCUT2D eigenvalue weighted by molar-refractivity contribution is 9.09. The summed E-state index contributed by atoms with van der Waals surface area (Å²) in [6.07, 6.45) is 0.679. The molecule has 0 N–H and O–H groups in total. The maximum absolute atomic E-state index is 11.5. The van der Waals surface area contributed by atoms with Crippen LogP contribution in [0, 0.1) is 0 Å². The monoisotopic (exact) mass is 298 g/mol. The fourth-order valence-corrected chi connectivity index (χ4v) is 1.98. The minimum atomic E-state index is -0.256. The van der Waals surface area contributed by atoms with Gasteiger partial charge in [-0.05, 0) is 12.0 Å². The Labute approximate surface area is 109 Å². The molecule has 0 saturated carbocycles. The third-order valence-corrected chi connectivity index (χ3v) is 3.16. The van der Waals surface area contributed by atoms with Crippen molar-refractivity contribution in [3.05, 3.63) is 35.4 Å². The van der Waals surface area contributed by atoms with Crippen LogP contribution >= 0.6 is 15.9 Å². The summed E-state index contributed by atoms with van der Waals surface area (Å²) < 4.78 is 4.74. The van der Waals surface area contributed by atoms with Crippen LogP contribution < -0.4 is 0 Å². The van der Waals surface area contributed by atoms with Crippen molar-refractivity contribution < 1.29 is 14.3 Å². The SMILES string of the molecule is CCC(C(=O)OC)c1ccc(C(=O)CBr)cc1. The van der Waals surface area contributed by atoms with Crippen molar-refractivity contribution in [2.45, 2.75) is 19.3 Å². The molecule has 0 aliphatic heterocycles. The predicted molar refractivity (Wildman–Crippen MR) is 69.6 cm³/mol. The van der Waals surface area contributed by atoms with Gasteiger partial charge in [0, 0.05) is 5.56 Å². The predicted octanol–water partition coefficient (Wildman–Crippen LogP) is 2.93. The zero-order valence-corrected chi connectivity index (χ0v) is 11.5. The van der Waals surface area contributed by atoms with Crippen LogP contribution in [0.5, 0.6) is 0 Å². The maximum Gasteiger partial charge on any atom is 0.313 e. The zero-order chi connectivity index (χ0) is 12.8. The largest absolute Gasteiger partial charge is 0.469 e. The highest BCUT2D eigenvalue weighted by Crippen LogP contribution is 2.21. The fourth-order valence-electron chi connectivity index (χ4n) is 1.66. The third kappa shape index (κ3) is 3.40. The van der Waals surface area contributed by atoms with Gasteiger partial charge in [0.15, 0.2) is 5.78 Å². The molecule has 4 heteroatoms. The van der Waals surface area contributed by atoms with Gasteiger partial charge in [-0.3, -0.25) is 9.59 Å². The molecule has 1 aromatic rings. The number of carbonyl (C=O) groups excluding carboxylic acids is 2. The summed E-state index contributed by atoms with van der Waals surface area (Å²) in [6, 6.07) is 7.09. The van der Waals surface area contributed by atoms with Gasteiger partial charge < -0.3 is 4.74 Å². The standard InChI is InChI=1S/C13H15BrO3/c1-3-11(13(16)17-2)9-4-6-10(7-5-9)12(15)8-14/h4-7,11H,3,8H2,1-2H3. The van der Waals surface area contributed by atoms with Crippen molar-refractivity contribution in [2.75, 3.05) is 12.4 Å². The first-order valence-electron chi connectivity index (χ1n) is 5.41. The molecule has 0 heterocycles. The smallest absolute Gasteiger partial charge is 0.313 e. The molecule has 1 unspecified atom stereocenters. The molecule has 92 valence electrons. The summed E-state index contributed by atoms with van der Waals surface area (Å²) in [5.74, 6) is -0.470. The summed E-state index contributed by atoms with van der Waals surface area (Å²) in [4.78, 5) is 22.9. The van der Waals surface area contributed by atoms with Gasteiger partial charge in [-0.15, -0.1) is 0 Å². The van der Waals surface area contributed by atoms with Gasteiger partial charge >= 0.3 is 5.97 Å². The van der Waals surface area contributed by atoms with Crippen LogP contribution in [0.25, 0.3) is 0 Å². The van der Waals surface area contributed by atoms with Gasteiger partial charge in [-0.2, -0.15) is 0 Å². The third-order valence-electron chi connectivity index (χ3n) is 2.65. The average Bonchev–Trinajstić information content (AvgIpc) is 2.39. The minimum Gasteiger partial charge on any atom is -0.469 e. The first-order chi connectivity index (χ1) is 8.13. The molecule has 0 fully saturated rings. The summed E-state index contributed by atoms with van der Waals surface area (Å²) in [6.45, 7) is 1.93. The highest BCUT2D eigenvalue weighted by atomic mass is 79.9. The first-order valence-corrected chi connectivity index (χ1v) is 6.53. The molecule has 1 atom stereocenters. The highest BCUT2D eigenvalue weighted by Gasteiger charge is 2.19. The topological polar surface area (TPSA) is 43.4 Å². The lowest BCUT2D eigenvalue weighted by molar-refractivity contribution is -0.142. The van der Waals surface area contributed by atoms with Crippen LogP contribution in [-0.2, 0) is 9.53 Å². The van der Waals surface area contributed by atoms with Crippen molar-refractivity contribution in [3.63, 3.8) is 0 Å². The van der Waals surface area contributed by atoms with E-state index in [1.165, 1.54) is 7.11 Å². The lowest BCUT2D eigenvalue weighted by Gasteiger charge is -2.12. The minimum absolute atomic E-state index is 0.0302. The van der Waals surface area contributed by atoms with E-state index >= 15 is 0 Å². The van der Waals surface area contributed by atoms with Crippen molar-refractivity contribution in [2.24, 2.45) is 0 Å². The molecule has 0 aliphatic carbocycles. The number of Topliss-reactive ketones (excluding diaryl/α,β-unsaturated/α-hetero) is 1. The number of methoxy groups -OCH3 is 1. The summed E-state index contributed by atoms with van der Waals surface area (Å²) in [5, 5.41) is 0.306. The van der Waals surface area contributed by atoms with E-state index < -0.39 is 0 Å². The Kier molecular flexibility index (Phi) is 5.35. The maximum atomic E-state index is 11.5. The second kappa shape index (κ2) is 6.55. The molecule has 1 rings (SSSR count). The van der Waals surface area contributed by atoms with E-state index in [1.807, 2.05) is 6.92 Å². The van der Waals surface area contributed by atoms with Crippen LogP contribution in [0.15, 0.2) is 24.3 Å². The molecule has 0 amide bonds. The molecule has 0 aliphatic rings. The van der Waals surface area contributed by atoms with E-state index in [0.717, 1.165) is 5.56 Å².